The zero-order valence-electron chi connectivity index (χ0n) is 13.0. The third-order valence-electron chi connectivity index (χ3n) is 3.12. The van der Waals surface area contributed by atoms with E-state index in [2.05, 4.69) is 4.74 Å². The molecule has 2 rings (SSSR count). The van der Waals surface area contributed by atoms with Crippen LogP contribution >= 0.6 is 0 Å². The van der Waals surface area contributed by atoms with Gasteiger partial charge in [0.05, 0.1) is 11.1 Å². The Bertz CT molecular complexity index is 672. The molecular formula is C16H20F3NO2. The molecule has 0 saturated carbocycles. The molecular weight excluding hydrogens is 295 g/mol. The molecule has 0 aromatic heterocycles. The number of rotatable bonds is 3. The van der Waals surface area contributed by atoms with E-state index >= 15 is 0 Å². The molecule has 0 amide bonds. The first-order valence-electron chi connectivity index (χ1n) is 7.00. The van der Waals surface area contributed by atoms with Crippen LogP contribution in [0.2, 0.25) is 0 Å². The van der Waals surface area contributed by atoms with Gasteiger partial charge in [-0.3, -0.25) is 0 Å². The molecule has 0 heterocycles. The predicted octanol–water partition coefficient (Wildman–Crippen LogP) is 4.86. The summed E-state index contributed by atoms with van der Waals surface area (Å²) in [7, 11) is 0. The number of aromatic hydroxyl groups is 1. The van der Waals surface area contributed by atoms with E-state index in [4.69, 9.17) is 5.73 Å². The summed E-state index contributed by atoms with van der Waals surface area (Å²) in [5.74, 6) is -3.09. The van der Waals surface area contributed by atoms with Gasteiger partial charge in [-0.15, -0.1) is 0 Å². The summed E-state index contributed by atoms with van der Waals surface area (Å²) in [6, 6.07) is 1.95. The maximum Gasteiger partial charge on any atom is 0.228 e. The Morgan fingerprint density at radius 1 is 1.14 bits per heavy atom. The van der Waals surface area contributed by atoms with Gasteiger partial charge in [-0.1, -0.05) is 27.7 Å². The fourth-order valence-corrected chi connectivity index (χ4v) is 2.21. The molecule has 0 aliphatic rings. The fraction of sp³-hybridized carbons (Fsp3) is 0.375. The van der Waals surface area contributed by atoms with E-state index < -0.39 is 30.0 Å². The molecule has 0 aliphatic carbocycles. The monoisotopic (exact) mass is 315 g/mol. The van der Waals surface area contributed by atoms with Crippen molar-refractivity contribution in [2.24, 2.45) is 0 Å². The van der Waals surface area contributed by atoms with Crippen molar-refractivity contribution in [2.45, 2.75) is 33.6 Å². The van der Waals surface area contributed by atoms with Crippen LogP contribution in [-0.4, -0.2) is 12.0 Å². The maximum atomic E-state index is 13.9. The van der Waals surface area contributed by atoms with Gasteiger partial charge in [-0.05, 0) is 17.5 Å². The number of fused-ring (bicyclic) bond motifs is 1. The number of nitrogen functional groups attached to an aromatic ring is 1. The van der Waals surface area contributed by atoms with E-state index in [0.29, 0.717) is 11.6 Å². The second kappa shape index (κ2) is 7.24. The molecule has 3 N–H and O–H groups in total. The quantitative estimate of drug-likeness (QED) is 0.628. The van der Waals surface area contributed by atoms with Crippen molar-refractivity contribution in [3.8, 4) is 11.5 Å². The number of hydrogen-bond donors (Lipinski definition) is 2. The van der Waals surface area contributed by atoms with Gasteiger partial charge in [-0.2, -0.15) is 0 Å². The van der Waals surface area contributed by atoms with Crippen molar-refractivity contribution in [3.05, 3.63) is 29.3 Å². The van der Waals surface area contributed by atoms with Gasteiger partial charge in [0.2, 0.25) is 6.86 Å². The molecule has 0 atom stereocenters. The van der Waals surface area contributed by atoms with Gasteiger partial charge in [0.15, 0.2) is 11.6 Å². The summed E-state index contributed by atoms with van der Waals surface area (Å²) in [5, 5.41) is 9.63. The van der Waals surface area contributed by atoms with E-state index in [9.17, 15) is 18.3 Å². The molecule has 3 nitrogen and oxygen atoms in total. The Balaban J connectivity index is 0.00000116. The van der Waals surface area contributed by atoms with Crippen molar-refractivity contribution in [3.63, 3.8) is 0 Å². The van der Waals surface area contributed by atoms with Crippen LogP contribution in [0.5, 0.6) is 11.5 Å². The zero-order valence-corrected chi connectivity index (χ0v) is 13.0. The van der Waals surface area contributed by atoms with Gasteiger partial charge in [0, 0.05) is 11.5 Å². The largest absolute Gasteiger partial charge is 0.505 e. The van der Waals surface area contributed by atoms with E-state index in [-0.39, 0.29) is 22.4 Å². The fourth-order valence-electron chi connectivity index (χ4n) is 2.21. The molecule has 0 fully saturated rings. The number of benzene rings is 2. The normalized spacial score (nSPS) is 10.5. The smallest absolute Gasteiger partial charge is 0.228 e. The first kappa shape index (κ1) is 17.9. The van der Waals surface area contributed by atoms with Gasteiger partial charge >= 0.3 is 0 Å². The molecule has 0 saturated heterocycles. The first-order chi connectivity index (χ1) is 10.4. The lowest BCUT2D eigenvalue weighted by atomic mass is 9.93. The number of phenolic OH excluding ortho intramolecular Hbond substituents is 1. The second-order valence-corrected chi connectivity index (χ2v) is 4.73. The summed E-state index contributed by atoms with van der Waals surface area (Å²) in [6.07, 6.45) is 0. The average Bonchev–Trinajstić information content (AvgIpc) is 2.47. The average molecular weight is 315 g/mol. The van der Waals surface area contributed by atoms with E-state index in [0.717, 1.165) is 0 Å². The summed E-state index contributed by atoms with van der Waals surface area (Å²) in [6.45, 7) is 6.31. The summed E-state index contributed by atoms with van der Waals surface area (Å²) < 4.78 is 44.8. The molecule has 0 unspecified atom stereocenters. The van der Waals surface area contributed by atoms with Crippen LogP contribution in [0.15, 0.2) is 12.1 Å². The molecule has 2 aromatic carbocycles. The van der Waals surface area contributed by atoms with Crippen LogP contribution in [0.25, 0.3) is 10.8 Å². The molecule has 2 aromatic rings. The number of hydrogen-bond acceptors (Lipinski definition) is 3. The lowest BCUT2D eigenvalue weighted by molar-refractivity contribution is 0.186. The highest BCUT2D eigenvalue weighted by Gasteiger charge is 2.22. The van der Waals surface area contributed by atoms with E-state index in [1.807, 2.05) is 13.8 Å². The number of nitrogens with two attached hydrogens (primary N) is 1. The zero-order chi connectivity index (χ0) is 17.0. The minimum absolute atomic E-state index is 0.00171. The lowest BCUT2D eigenvalue weighted by Gasteiger charge is -2.17. The van der Waals surface area contributed by atoms with Crippen LogP contribution in [0, 0.1) is 11.6 Å². The molecule has 22 heavy (non-hydrogen) atoms. The molecule has 0 aliphatic heterocycles. The van der Waals surface area contributed by atoms with Gasteiger partial charge < -0.3 is 15.6 Å². The van der Waals surface area contributed by atoms with Crippen LogP contribution in [0.4, 0.5) is 18.9 Å². The third-order valence-corrected chi connectivity index (χ3v) is 3.12. The third kappa shape index (κ3) is 3.05. The second-order valence-electron chi connectivity index (χ2n) is 4.73. The molecule has 0 radical (unpaired) electrons. The van der Waals surface area contributed by atoms with Crippen molar-refractivity contribution in [1.29, 1.82) is 0 Å². The molecule has 122 valence electrons. The van der Waals surface area contributed by atoms with Gasteiger partial charge in [0.25, 0.3) is 0 Å². The summed E-state index contributed by atoms with van der Waals surface area (Å²) in [5.41, 5.74) is 6.07. The predicted molar refractivity (Wildman–Crippen MR) is 82.0 cm³/mol. The van der Waals surface area contributed by atoms with E-state index in [1.54, 1.807) is 13.8 Å². The van der Waals surface area contributed by atoms with Crippen molar-refractivity contribution >= 4 is 16.5 Å². The van der Waals surface area contributed by atoms with Crippen LogP contribution in [-0.2, 0) is 0 Å². The number of halogens is 3. The number of phenols is 1. The van der Waals surface area contributed by atoms with Crippen LogP contribution in [0.1, 0.15) is 39.2 Å². The Kier molecular flexibility index (Phi) is 5.91. The standard InChI is InChI=1S/C14H14F3NO2.C2H6/c1-6(2)7-3-10(18)13(19)12-8(16)4-9(17)14(11(7)12)20-5-15;1-2/h3-4,6,19H,5,18H2,1-2H3;1-2H3. The van der Waals surface area contributed by atoms with Crippen molar-refractivity contribution in [1.82, 2.24) is 0 Å². The number of anilines is 1. The topological polar surface area (TPSA) is 55.5 Å². The SMILES string of the molecule is CC.CC(C)c1cc(N)c(O)c2c(F)cc(F)c(OCF)c12. The lowest BCUT2D eigenvalue weighted by Crippen LogP contribution is -2.02. The Morgan fingerprint density at radius 2 is 1.73 bits per heavy atom. The minimum atomic E-state index is -1.26. The minimum Gasteiger partial charge on any atom is -0.505 e. The van der Waals surface area contributed by atoms with Crippen molar-refractivity contribution < 1.29 is 23.0 Å². The highest BCUT2D eigenvalue weighted by molar-refractivity contribution is 6.00. The molecule has 0 spiro atoms. The van der Waals surface area contributed by atoms with Crippen LogP contribution in [0.3, 0.4) is 0 Å². The van der Waals surface area contributed by atoms with Crippen molar-refractivity contribution in [2.75, 3.05) is 12.6 Å². The maximum absolute atomic E-state index is 13.9. The van der Waals surface area contributed by atoms with Gasteiger partial charge in [-0.25, -0.2) is 13.2 Å². The molecule has 6 heteroatoms. The number of alkyl halides is 1. The molecule has 0 bridgehead atoms. The Morgan fingerprint density at radius 3 is 2.23 bits per heavy atom. The van der Waals surface area contributed by atoms with Crippen LogP contribution < -0.4 is 10.5 Å². The Hall–Kier alpha value is -2.11. The summed E-state index contributed by atoms with van der Waals surface area (Å²) in [4.78, 5) is 0. The number of ether oxygens (including phenoxy) is 1. The first-order valence-corrected chi connectivity index (χ1v) is 7.00. The highest BCUT2D eigenvalue weighted by atomic mass is 19.1. The Labute approximate surface area is 127 Å². The summed E-state index contributed by atoms with van der Waals surface area (Å²) >= 11 is 0. The highest BCUT2D eigenvalue weighted by Crippen LogP contribution is 2.43. The van der Waals surface area contributed by atoms with Gasteiger partial charge in [0.1, 0.15) is 11.6 Å². The van der Waals surface area contributed by atoms with E-state index in [1.165, 1.54) is 6.07 Å².